The fraction of sp³-hybridized carbons (Fsp3) is 0.708. The first-order valence-electron chi connectivity index (χ1n) is 10.9. The van der Waals surface area contributed by atoms with Gasteiger partial charge in [0.25, 0.3) is 0 Å². The Morgan fingerprint density at radius 2 is 1.50 bits per heavy atom. The summed E-state index contributed by atoms with van der Waals surface area (Å²) in [7, 11) is 0. The lowest BCUT2D eigenvalue weighted by molar-refractivity contribution is 0.141. The Balaban J connectivity index is 1.39. The third-order valence-electron chi connectivity index (χ3n) is 7.14. The van der Waals surface area contributed by atoms with Crippen molar-refractivity contribution < 1.29 is 4.39 Å². The van der Waals surface area contributed by atoms with Crippen molar-refractivity contribution in [2.75, 3.05) is 0 Å². The summed E-state index contributed by atoms with van der Waals surface area (Å²) in [6, 6.07) is 6.99. The van der Waals surface area contributed by atoms with Crippen molar-refractivity contribution in [1.29, 1.82) is 5.26 Å². The van der Waals surface area contributed by atoms with Crippen LogP contribution >= 0.6 is 0 Å². The summed E-state index contributed by atoms with van der Waals surface area (Å²) in [5.74, 6) is 3.42. The van der Waals surface area contributed by atoms with Gasteiger partial charge in [-0.25, -0.2) is 4.39 Å². The van der Waals surface area contributed by atoms with Gasteiger partial charge in [-0.05, 0) is 79.9 Å². The maximum atomic E-state index is 13.7. The van der Waals surface area contributed by atoms with Gasteiger partial charge in [-0.3, -0.25) is 0 Å². The van der Waals surface area contributed by atoms with Crippen LogP contribution in [0.1, 0.15) is 88.7 Å². The predicted octanol–water partition coefficient (Wildman–Crippen LogP) is 7.04. The summed E-state index contributed by atoms with van der Waals surface area (Å²) in [5.41, 5.74) is 1.20. The van der Waals surface area contributed by atoms with E-state index in [0.29, 0.717) is 0 Å². The Kier molecular flexibility index (Phi) is 7.12. The highest BCUT2D eigenvalue weighted by molar-refractivity contribution is 5.33. The predicted molar refractivity (Wildman–Crippen MR) is 105 cm³/mol. The van der Waals surface area contributed by atoms with Gasteiger partial charge >= 0.3 is 0 Å². The molecule has 0 aliphatic heterocycles. The van der Waals surface area contributed by atoms with E-state index in [2.05, 4.69) is 6.92 Å². The van der Waals surface area contributed by atoms with Crippen LogP contribution in [0, 0.1) is 40.8 Å². The molecular weight excluding hydrogens is 321 g/mol. The monoisotopic (exact) mass is 355 g/mol. The quantitative estimate of drug-likeness (QED) is 0.536. The van der Waals surface area contributed by atoms with Crippen molar-refractivity contribution >= 4 is 0 Å². The van der Waals surface area contributed by atoms with E-state index in [1.54, 1.807) is 12.1 Å². The third kappa shape index (κ3) is 5.09. The molecule has 0 atom stereocenters. The number of nitriles is 1. The van der Waals surface area contributed by atoms with Crippen molar-refractivity contribution in [2.45, 2.75) is 84.0 Å². The molecule has 1 nitrogen and oxygen atoms in total. The van der Waals surface area contributed by atoms with Crippen LogP contribution in [0.2, 0.25) is 0 Å². The van der Waals surface area contributed by atoms with Crippen LogP contribution in [0.15, 0.2) is 18.2 Å². The van der Waals surface area contributed by atoms with Crippen molar-refractivity contribution in [3.63, 3.8) is 0 Å². The van der Waals surface area contributed by atoms with Gasteiger partial charge in [0.05, 0.1) is 5.56 Å². The van der Waals surface area contributed by atoms with Gasteiger partial charge in [-0.1, -0.05) is 51.5 Å². The van der Waals surface area contributed by atoms with Crippen molar-refractivity contribution in [3.05, 3.63) is 35.1 Å². The smallest absolute Gasteiger partial charge is 0.141 e. The molecule has 0 aromatic heterocycles. The number of nitrogens with zero attached hydrogens (tertiary/aromatic N) is 1. The molecule has 0 radical (unpaired) electrons. The molecule has 0 spiro atoms. The van der Waals surface area contributed by atoms with Gasteiger partial charge in [0.15, 0.2) is 0 Å². The molecule has 0 amide bonds. The van der Waals surface area contributed by atoms with Crippen LogP contribution in [0.4, 0.5) is 4.39 Å². The number of benzene rings is 1. The van der Waals surface area contributed by atoms with Crippen LogP contribution in [0.5, 0.6) is 0 Å². The second-order valence-corrected chi connectivity index (χ2v) is 8.81. The Bertz CT molecular complexity index is 601. The molecule has 2 aliphatic carbocycles. The molecule has 0 heterocycles. The van der Waals surface area contributed by atoms with Crippen LogP contribution in [-0.4, -0.2) is 0 Å². The molecule has 2 heteroatoms. The lowest BCUT2D eigenvalue weighted by Gasteiger charge is -2.38. The number of hydrogen-bond acceptors (Lipinski definition) is 1. The van der Waals surface area contributed by atoms with E-state index < -0.39 is 0 Å². The molecule has 0 unspecified atom stereocenters. The van der Waals surface area contributed by atoms with E-state index in [9.17, 15) is 4.39 Å². The fourth-order valence-electron chi connectivity index (χ4n) is 5.48. The summed E-state index contributed by atoms with van der Waals surface area (Å²) in [4.78, 5) is 0. The molecule has 142 valence electrons. The second-order valence-electron chi connectivity index (χ2n) is 8.81. The van der Waals surface area contributed by atoms with E-state index in [1.807, 2.05) is 12.1 Å². The minimum atomic E-state index is -0.368. The zero-order valence-corrected chi connectivity index (χ0v) is 16.4. The minimum Gasteiger partial charge on any atom is -0.206 e. The molecule has 1 aromatic rings. The van der Waals surface area contributed by atoms with Crippen LogP contribution < -0.4 is 0 Å². The Hall–Kier alpha value is -1.36. The zero-order chi connectivity index (χ0) is 18.4. The first-order chi connectivity index (χ1) is 12.7. The second kappa shape index (κ2) is 9.54. The molecule has 0 N–H and O–H groups in total. The lowest BCUT2D eigenvalue weighted by Crippen LogP contribution is -2.26. The Labute approximate surface area is 159 Å². The van der Waals surface area contributed by atoms with E-state index in [-0.39, 0.29) is 11.4 Å². The molecular formula is C24H34FN. The highest BCUT2D eigenvalue weighted by Gasteiger charge is 2.30. The van der Waals surface area contributed by atoms with E-state index in [4.69, 9.17) is 5.26 Å². The molecule has 2 aliphatic rings. The number of halogens is 1. The maximum absolute atomic E-state index is 13.7. The van der Waals surface area contributed by atoms with Gasteiger partial charge in [0, 0.05) is 0 Å². The van der Waals surface area contributed by atoms with Gasteiger partial charge in [-0.15, -0.1) is 0 Å². The largest absolute Gasteiger partial charge is 0.206 e. The number of hydrogen-bond donors (Lipinski definition) is 0. The summed E-state index contributed by atoms with van der Waals surface area (Å²) in [6.07, 6.45) is 16.3. The maximum Gasteiger partial charge on any atom is 0.141 e. The summed E-state index contributed by atoms with van der Waals surface area (Å²) in [5, 5.41) is 8.83. The Morgan fingerprint density at radius 3 is 2.00 bits per heavy atom. The molecule has 3 rings (SSSR count). The molecule has 1 aromatic carbocycles. The topological polar surface area (TPSA) is 23.8 Å². The average Bonchev–Trinajstić information content (AvgIpc) is 2.68. The van der Waals surface area contributed by atoms with Crippen LogP contribution in [0.3, 0.4) is 0 Å². The zero-order valence-electron chi connectivity index (χ0n) is 16.4. The lowest BCUT2D eigenvalue weighted by atomic mass is 9.68. The van der Waals surface area contributed by atoms with Crippen molar-refractivity contribution in [2.24, 2.45) is 23.7 Å². The number of aryl methyl sites for hydroxylation is 1. The van der Waals surface area contributed by atoms with E-state index in [0.717, 1.165) is 35.7 Å². The van der Waals surface area contributed by atoms with Gasteiger partial charge in [0.2, 0.25) is 0 Å². The van der Waals surface area contributed by atoms with Gasteiger partial charge < -0.3 is 0 Å². The molecule has 0 bridgehead atoms. The summed E-state index contributed by atoms with van der Waals surface area (Å²) >= 11 is 0. The highest BCUT2D eigenvalue weighted by Crippen LogP contribution is 2.42. The molecule has 2 fully saturated rings. The fourth-order valence-corrected chi connectivity index (χ4v) is 5.48. The third-order valence-corrected chi connectivity index (χ3v) is 7.14. The first kappa shape index (κ1) is 19.4. The Morgan fingerprint density at radius 1 is 0.923 bits per heavy atom. The average molecular weight is 356 g/mol. The van der Waals surface area contributed by atoms with Gasteiger partial charge in [0.1, 0.15) is 11.9 Å². The molecule has 2 saturated carbocycles. The van der Waals surface area contributed by atoms with Crippen molar-refractivity contribution in [1.82, 2.24) is 0 Å². The van der Waals surface area contributed by atoms with Crippen LogP contribution in [0.25, 0.3) is 0 Å². The van der Waals surface area contributed by atoms with E-state index >= 15 is 0 Å². The van der Waals surface area contributed by atoms with Crippen molar-refractivity contribution in [3.8, 4) is 6.07 Å². The minimum absolute atomic E-state index is 0.155. The summed E-state index contributed by atoms with van der Waals surface area (Å²) < 4.78 is 13.7. The first-order valence-corrected chi connectivity index (χ1v) is 10.9. The number of rotatable bonds is 6. The van der Waals surface area contributed by atoms with Crippen LogP contribution in [-0.2, 0) is 6.42 Å². The van der Waals surface area contributed by atoms with E-state index in [1.165, 1.54) is 70.6 Å². The SMILES string of the molecule is CCCC1CCC(C2CCC(CCc3ccc(C#N)c(F)c3)CC2)CC1. The van der Waals surface area contributed by atoms with Gasteiger partial charge in [-0.2, -0.15) is 5.26 Å². The molecule has 26 heavy (non-hydrogen) atoms. The normalized spacial score (nSPS) is 29.3. The summed E-state index contributed by atoms with van der Waals surface area (Å²) in [6.45, 7) is 2.32. The molecule has 0 saturated heterocycles. The highest BCUT2D eigenvalue weighted by atomic mass is 19.1. The standard InChI is InChI=1S/C24H34FN/c1-2-3-18-6-11-21(12-7-18)22-13-8-19(9-14-22)4-5-20-10-15-23(17-26)24(25)16-20/h10,15-16,18-19,21-22H,2-9,11-14H2,1H3.